The second-order valence-corrected chi connectivity index (χ2v) is 3.44. The summed E-state index contributed by atoms with van der Waals surface area (Å²) in [6.07, 6.45) is 1.25. The van der Waals surface area contributed by atoms with E-state index in [0.717, 1.165) is 5.56 Å². The summed E-state index contributed by atoms with van der Waals surface area (Å²) < 4.78 is 15.5. The number of ether oxygens (including phenoxy) is 3. The molecule has 2 N–H and O–H groups in total. The number of benzene rings is 1. The first-order chi connectivity index (χ1) is 9.18. The predicted octanol–water partition coefficient (Wildman–Crippen LogP) is 3.61. The quantitative estimate of drug-likeness (QED) is 0.909. The molecule has 0 aliphatic heterocycles. The van der Waals surface area contributed by atoms with Gasteiger partial charge in [-0.05, 0) is 17.7 Å². The topological polar surface area (TPSA) is 53.7 Å². The SMILES string of the molecule is CC.CCC.COc1cc(CN)cc(OC)c1OC. The van der Waals surface area contributed by atoms with Crippen molar-refractivity contribution in [1.29, 1.82) is 0 Å². The fourth-order valence-electron chi connectivity index (χ4n) is 1.25. The summed E-state index contributed by atoms with van der Waals surface area (Å²) in [5.41, 5.74) is 6.48. The van der Waals surface area contributed by atoms with Crippen LogP contribution in [0.5, 0.6) is 17.2 Å². The Morgan fingerprint density at radius 3 is 1.47 bits per heavy atom. The summed E-state index contributed by atoms with van der Waals surface area (Å²) >= 11 is 0. The Morgan fingerprint density at radius 2 is 1.26 bits per heavy atom. The third-order valence-corrected chi connectivity index (χ3v) is 1.96. The van der Waals surface area contributed by atoms with Gasteiger partial charge in [0.1, 0.15) is 0 Å². The Hall–Kier alpha value is -1.42. The molecule has 1 aromatic carbocycles. The maximum absolute atomic E-state index is 5.54. The van der Waals surface area contributed by atoms with Crippen LogP contribution in [0.1, 0.15) is 39.7 Å². The summed E-state index contributed by atoms with van der Waals surface area (Å²) in [6, 6.07) is 3.67. The van der Waals surface area contributed by atoms with Gasteiger partial charge in [-0.2, -0.15) is 0 Å². The lowest BCUT2D eigenvalue weighted by molar-refractivity contribution is 0.324. The van der Waals surface area contributed by atoms with Gasteiger partial charge in [0, 0.05) is 6.54 Å². The third kappa shape index (κ3) is 6.91. The Kier molecular flexibility index (Phi) is 13.6. The van der Waals surface area contributed by atoms with Crippen molar-refractivity contribution < 1.29 is 14.2 Å². The Balaban J connectivity index is 0. The molecular weight excluding hydrogens is 242 g/mol. The smallest absolute Gasteiger partial charge is 0.203 e. The molecule has 0 heterocycles. The number of hydrogen-bond donors (Lipinski definition) is 1. The van der Waals surface area contributed by atoms with Gasteiger partial charge < -0.3 is 19.9 Å². The van der Waals surface area contributed by atoms with Crippen LogP contribution in [0.3, 0.4) is 0 Å². The van der Waals surface area contributed by atoms with Crippen molar-refractivity contribution in [1.82, 2.24) is 0 Å². The van der Waals surface area contributed by atoms with Crippen molar-refractivity contribution >= 4 is 0 Å². The Bertz CT molecular complexity index is 302. The minimum atomic E-state index is 0.441. The fraction of sp³-hybridized carbons (Fsp3) is 0.600. The van der Waals surface area contributed by atoms with Crippen LogP contribution in [0.4, 0.5) is 0 Å². The molecule has 0 unspecified atom stereocenters. The second kappa shape index (κ2) is 13.0. The minimum Gasteiger partial charge on any atom is -0.493 e. The highest BCUT2D eigenvalue weighted by Crippen LogP contribution is 2.37. The average molecular weight is 271 g/mol. The zero-order valence-electron chi connectivity index (χ0n) is 13.4. The summed E-state index contributed by atoms with van der Waals surface area (Å²) in [5, 5.41) is 0. The van der Waals surface area contributed by atoms with Gasteiger partial charge >= 0.3 is 0 Å². The highest BCUT2D eigenvalue weighted by Gasteiger charge is 2.11. The number of nitrogens with two attached hydrogens (primary N) is 1. The summed E-state index contributed by atoms with van der Waals surface area (Å²) in [6.45, 7) is 8.69. The van der Waals surface area contributed by atoms with Crippen LogP contribution in [0, 0.1) is 0 Å². The van der Waals surface area contributed by atoms with E-state index in [2.05, 4.69) is 13.8 Å². The molecule has 0 aromatic heterocycles. The van der Waals surface area contributed by atoms with Crippen molar-refractivity contribution in [3.05, 3.63) is 17.7 Å². The van der Waals surface area contributed by atoms with Gasteiger partial charge in [-0.1, -0.05) is 34.1 Å². The third-order valence-electron chi connectivity index (χ3n) is 1.96. The minimum absolute atomic E-state index is 0.441. The zero-order chi connectivity index (χ0) is 15.3. The van der Waals surface area contributed by atoms with Crippen LogP contribution in [0.2, 0.25) is 0 Å². The van der Waals surface area contributed by atoms with E-state index in [1.165, 1.54) is 6.42 Å². The normalized spacial score (nSPS) is 8.42. The molecule has 0 aliphatic rings. The summed E-state index contributed by atoms with van der Waals surface area (Å²) in [5.74, 6) is 1.85. The van der Waals surface area contributed by atoms with Gasteiger partial charge in [-0.3, -0.25) is 0 Å². The Labute approximate surface area is 117 Å². The lowest BCUT2D eigenvalue weighted by Crippen LogP contribution is -2.00. The molecule has 0 bridgehead atoms. The molecule has 0 amide bonds. The molecule has 0 radical (unpaired) electrons. The summed E-state index contributed by atoms with van der Waals surface area (Å²) in [7, 11) is 4.73. The predicted molar refractivity (Wildman–Crippen MR) is 81.3 cm³/mol. The van der Waals surface area contributed by atoms with Crippen LogP contribution in [0.15, 0.2) is 12.1 Å². The number of hydrogen-bond acceptors (Lipinski definition) is 4. The van der Waals surface area contributed by atoms with Crippen molar-refractivity contribution in [3.8, 4) is 17.2 Å². The largest absolute Gasteiger partial charge is 0.493 e. The fourth-order valence-corrected chi connectivity index (χ4v) is 1.25. The van der Waals surface area contributed by atoms with Gasteiger partial charge in [0.05, 0.1) is 21.3 Å². The first-order valence-electron chi connectivity index (χ1n) is 6.67. The van der Waals surface area contributed by atoms with E-state index in [9.17, 15) is 0 Å². The van der Waals surface area contributed by atoms with Gasteiger partial charge in [0.25, 0.3) is 0 Å². The van der Waals surface area contributed by atoms with E-state index < -0.39 is 0 Å². The van der Waals surface area contributed by atoms with Gasteiger partial charge in [0.2, 0.25) is 5.75 Å². The van der Waals surface area contributed by atoms with Gasteiger partial charge in [-0.15, -0.1) is 0 Å². The number of rotatable bonds is 4. The second-order valence-electron chi connectivity index (χ2n) is 3.44. The average Bonchev–Trinajstić information content (AvgIpc) is 2.48. The van der Waals surface area contributed by atoms with Crippen molar-refractivity contribution in [3.63, 3.8) is 0 Å². The van der Waals surface area contributed by atoms with Gasteiger partial charge in [0.15, 0.2) is 11.5 Å². The van der Waals surface area contributed by atoms with Crippen LogP contribution >= 0.6 is 0 Å². The van der Waals surface area contributed by atoms with Crippen LogP contribution in [0.25, 0.3) is 0 Å². The van der Waals surface area contributed by atoms with Crippen molar-refractivity contribution in [2.75, 3.05) is 21.3 Å². The number of methoxy groups -OCH3 is 3. The highest BCUT2D eigenvalue weighted by molar-refractivity contribution is 5.53. The first-order valence-corrected chi connectivity index (χ1v) is 6.67. The molecule has 1 rings (SSSR count). The lowest BCUT2D eigenvalue weighted by Gasteiger charge is -2.13. The standard InChI is InChI=1S/C10H15NO3.C3H8.C2H6/c1-12-8-4-7(6-11)5-9(13-2)10(8)14-3;1-3-2;1-2/h4-5H,6,11H2,1-3H3;3H2,1-2H3;1-2H3. The maximum Gasteiger partial charge on any atom is 0.203 e. The van der Waals surface area contributed by atoms with Gasteiger partial charge in [-0.25, -0.2) is 0 Å². The van der Waals surface area contributed by atoms with E-state index in [1.807, 2.05) is 26.0 Å². The summed E-state index contributed by atoms with van der Waals surface area (Å²) in [4.78, 5) is 0. The molecule has 1 aromatic rings. The Morgan fingerprint density at radius 1 is 0.895 bits per heavy atom. The van der Waals surface area contributed by atoms with E-state index >= 15 is 0 Å². The molecule has 0 saturated carbocycles. The van der Waals surface area contributed by atoms with Crippen LogP contribution in [-0.4, -0.2) is 21.3 Å². The van der Waals surface area contributed by atoms with Crippen LogP contribution < -0.4 is 19.9 Å². The molecule has 0 spiro atoms. The zero-order valence-corrected chi connectivity index (χ0v) is 13.4. The monoisotopic (exact) mass is 271 g/mol. The molecule has 0 atom stereocenters. The van der Waals surface area contributed by atoms with E-state index in [-0.39, 0.29) is 0 Å². The van der Waals surface area contributed by atoms with E-state index in [0.29, 0.717) is 23.8 Å². The lowest BCUT2D eigenvalue weighted by atomic mass is 10.2. The molecule has 4 heteroatoms. The van der Waals surface area contributed by atoms with Crippen LogP contribution in [-0.2, 0) is 6.54 Å². The molecular formula is C15H29NO3. The van der Waals surface area contributed by atoms with Crippen molar-refractivity contribution in [2.24, 2.45) is 5.73 Å². The molecule has 4 nitrogen and oxygen atoms in total. The molecule has 0 aliphatic carbocycles. The van der Waals surface area contributed by atoms with E-state index in [4.69, 9.17) is 19.9 Å². The molecule has 0 saturated heterocycles. The highest BCUT2D eigenvalue weighted by atomic mass is 16.5. The molecule has 19 heavy (non-hydrogen) atoms. The maximum atomic E-state index is 5.54. The molecule has 112 valence electrons. The molecule has 0 fully saturated rings. The first kappa shape index (κ1) is 19.9. The van der Waals surface area contributed by atoms with Crippen molar-refractivity contribution in [2.45, 2.75) is 40.7 Å². The van der Waals surface area contributed by atoms with E-state index in [1.54, 1.807) is 21.3 Å².